The van der Waals surface area contributed by atoms with Crippen LogP contribution in [-0.4, -0.2) is 22.9 Å². The van der Waals surface area contributed by atoms with E-state index in [1.54, 1.807) is 13.8 Å². The molecule has 2 aromatic rings. The molecule has 0 spiro atoms. The molecule has 0 bridgehead atoms. The Bertz CT molecular complexity index is 1160. The molecule has 194 valence electrons. The summed E-state index contributed by atoms with van der Waals surface area (Å²) in [6, 6.07) is 7.80. The third-order valence-electron chi connectivity index (χ3n) is 5.75. The zero-order valence-corrected chi connectivity index (χ0v) is 22.2. The topological polar surface area (TPSA) is 59.1 Å². The molecule has 36 heavy (non-hydrogen) atoms. The van der Waals surface area contributed by atoms with Gasteiger partial charge >= 0.3 is 6.18 Å². The normalized spacial score (nSPS) is 13.0. The average Bonchev–Trinajstić information content (AvgIpc) is 3.19. The minimum Gasteiger partial charge on any atom is -0.347 e. The van der Waals surface area contributed by atoms with Crippen LogP contribution in [0.2, 0.25) is 0 Å². The zero-order chi connectivity index (χ0) is 27.1. The molecule has 0 fully saturated rings. The predicted molar refractivity (Wildman–Crippen MR) is 140 cm³/mol. The number of nitrogens with one attached hydrogen (secondary N) is 1. The van der Waals surface area contributed by atoms with Gasteiger partial charge in [0.25, 0.3) is 5.91 Å². The summed E-state index contributed by atoms with van der Waals surface area (Å²) in [5.41, 5.74) is 1.73. The third kappa shape index (κ3) is 8.01. The Morgan fingerprint density at radius 3 is 2.28 bits per heavy atom. The molecule has 8 heteroatoms. The van der Waals surface area contributed by atoms with Gasteiger partial charge in [0, 0.05) is 18.4 Å². The van der Waals surface area contributed by atoms with E-state index in [1.165, 1.54) is 6.08 Å². The summed E-state index contributed by atoms with van der Waals surface area (Å²) < 4.78 is 38.6. The van der Waals surface area contributed by atoms with E-state index in [1.807, 2.05) is 45.0 Å². The van der Waals surface area contributed by atoms with Crippen LogP contribution in [-0.2, 0) is 17.8 Å². The third-order valence-corrected chi connectivity index (χ3v) is 7.05. The van der Waals surface area contributed by atoms with Crippen molar-refractivity contribution in [1.29, 1.82) is 0 Å². The van der Waals surface area contributed by atoms with Crippen molar-refractivity contribution in [2.45, 2.75) is 66.6 Å². The van der Waals surface area contributed by atoms with Gasteiger partial charge in [-0.15, -0.1) is 11.3 Å². The first-order chi connectivity index (χ1) is 16.8. The van der Waals surface area contributed by atoms with E-state index in [4.69, 9.17) is 0 Å². The molecule has 1 aromatic heterocycles. The number of rotatable bonds is 11. The Balaban J connectivity index is 2.04. The Kier molecular flexibility index (Phi) is 9.99. The number of hydrogen-bond donors (Lipinski definition) is 1. The maximum Gasteiger partial charge on any atom is 0.416 e. The molecule has 0 radical (unpaired) electrons. The highest BCUT2D eigenvalue weighted by atomic mass is 32.1. The Morgan fingerprint density at radius 2 is 1.72 bits per heavy atom. The van der Waals surface area contributed by atoms with Crippen LogP contribution < -0.4 is 5.32 Å². The maximum atomic E-state index is 12.9. The van der Waals surface area contributed by atoms with E-state index < -0.39 is 17.2 Å². The van der Waals surface area contributed by atoms with E-state index in [2.05, 4.69) is 16.9 Å². The molecule has 0 aliphatic carbocycles. The lowest BCUT2D eigenvalue weighted by atomic mass is 9.80. The lowest BCUT2D eigenvalue weighted by molar-refractivity contribution is -0.127. The van der Waals surface area contributed by atoms with Gasteiger partial charge in [-0.3, -0.25) is 9.59 Å². The van der Waals surface area contributed by atoms with Crippen LogP contribution in [0.3, 0.4) is 0 Å². The Morgan fingerprint density at radius 1 is 1.11 bits per heavy atom. The van der Waals surface area contributed by atoms with E-state index in [0.29, 0.717) is 40.5 Å². The fraction of sp³-hybridized carbons (Fsp3) is 0.393. The van der Waals surface area contributed by atoms with Crippen LogP contribution in [0.15, 0.2) is 54.6 Å². The molecule has 4 nitrogen and oxygen atoms in total. The average molecular weight is 519 g/mol. The first-order valence-corrected chi connectivity index (χ1v) is 12.6. The van der Waals surface area contributed by atoms with Crippen LogP contribution in [0, 0.1) is 12.3 Å². The minimum absolute atomic E-state index is 0.253. The number of amides is 1. The fourth-order valence-corrected chi connectivity index (χ4v) is 4.52. The van der Waals surface area contributed by atoms with Gasteiger partial charge in [0.2, 0.25) is 0 Å². The van der Waals surface area contributed by atoms with Crippen LogP contribution >= 0.6 is 11.3 Å². The molecular weight excluding hydrogens is 485 g/mol. The lowest BCUT2D eigenvalue weighted by Gasteiger charge is -2.23. The number of carbonyl (C=O) groups excluding carboxylic acids is 2. The number of benzene rings is 1. The van der Waals surface area contributed by atoms with Crippen molar-refractivity contribution in [1.82, 2.24) is 10.3 Å². The number of thiazole rings is 1. The molecule has 0 unspecified atom stereocenters. The van der Waals surface area contributed by atoms with Crippen LogP contribution in [0.4, 0.5) is 13.2 Å². The molecule has 2 rings (SSSR count). The molecule has 1 heterocycles. The largest absolute Gasteiger partial charge is 0.416 e. The van der Waals surface area contributed by atoms with Crippen molar-refractivity contribution in [2.24, 2.45) is 5.41 Å². The summed E-state index contributed by atoms with van der Waals surface area (Å²) >= 11 is 1.13. The van der Waals surface area contributed by atoms with Crippen LogP contribution in [0.5, 0.6) is 0 Å². The van der Waals surface area contributed by atoms with Gasteiger partial charge in [0.15, 0.2) is 0 Å². The van der Waals surface area contributed by atoms with Crippen molar-refractivity contribution in [3.05, 3.63) is 81.4 Å². The second-order valence-corrected chi connectivity index (χ2v) is 10.3. The number of Topliss-reactive ketones (excluding diaryl/α,β-unsaturated/α-hetero) is 1. The summed E-state index contributed by atoms with van der Waals surface area (Å²) in [5, 5.41) is 3.35. The van der Waals surface area contributed by atoms with E-state index in [0.717, 1.165) is 41.0 Å². The number of aryl methyl sites for hydroxylation is 1. The van der Waals surface area contributed by atoms with E-state index >= 15 is 0 Å². The van der Waals surface area contributed by atoms with Crippen LogP contribution in [0.1, 0.15) is 72.0 Å². The highest BCUT2D eigenvalue weighted by Gasteiger charge is 2.31. The molecular formula is C28H33F3N2O2S. The Labute approximate surface area is 215 Å². The van der Waals surface area contributed by atoms with E-state index in [9.17, 15) is 22.8 Å². The van der Waals surface area contributed by atoms with Gasteiger partial charge < -0.3 is 5.32 Å². The molecule has 0 saturated carbocycles. The highest BCUT2D eigenvalue weighted by Crippen LogP contribution is 2.29. The number of aromatic nitrogens is 1. The second-order valence-electron chi connectivity index (χ2n) is 9.34. The monoisotopic (exact) mass is 518 g/mol. The standard InChI is InChI=1S/C28H33F3N2O2S/c1-7-9-23(34)27(5,6)16-20-11-13-21(14-12-20)17-32-25(35)24-19(4)33-26(36-24)18(3)10-15-22(8-2)28(29,30)31/h8,10-15H,2,7,9,16-17H2,1,3-6H3,(H,32,35)/b18-10+,22-15+. The molecule has 1 N–H and O–H groups in total. The summed E-state index contributed by atoms with van der Waals surface area (Å²) in [6.45, 7) is 12.8. The summed E-state index contributed by atoms with van der Waals surface area (Å²) in [5.74, 6) is -0.0414. The van der Waals surface area contributed by atoms with Gasteiger partial charge in [-0.05, 0) is 49.5 Å². The quantitative estimate of drug-likeness (QED) is 0.315. The van der Waals surface area contributed by atoms with Crippen molar-refractivity contribution in [3.8, 4) is 0 Å². The number of allylic oxidation sites excluding steroid dienone is 5. The number of ketones is 1. The highest BCUT2D eigenvalue weighted by molar-refractivity contribution is 7.14. The van der Waals surface area contributed by atoms with Gasteiger partial charge in [-0.2, -0.15) is 13.2 Å². The summed E-state index contributed by atoms with van der Waals surface area (Å²) in [7, 11) is 0. The number of carbonyl (C=O) groups is 2. The van der Waals surface area contributed by atoms with Gasteiger partial charge in [-0.25, -0.2) is 4.98 Å². The summed E-state index contributed by atoms with van der Waals surface area (Å²) in [6.07, 6.45) is 0.611. The molecule has 1 amide bonds. The SMILES string of the molecule is C=C/C(=C\C=C(/C)c1nc(C)c(C(=O)NCc2ccc(CC(C)(C)C(=O)CCC)cc2)s1)C(F)(F)F. The van der Waals surface area contributed by atoms with Crippen LogP contribution in [0.25, 0.3) is 5.57 Å². The minimum atomic E-state index is -4.48. The number of hydrogen-bond acceptors (Lipinski definition) is 4. The first-order valence-electron chi connectivity index (χ1n) is 11.7. The number of halogens is 3. The smallest absolute Gasteiger partial charge is 0.347 e. The molecule has 0 aliphatic rings. The van der Waals surface area contributed by atoms with Crippen molar-refractivity contribution in [3.63, 3.8) is 0 Å². The molecule has 1 aromatic carbocycles. The van der Waals surface area contributed by atoms with Crippen molar-refractivity contribution in [2.75, 3.05) is 0 Å². The molecule has 0 saturated heterocycles. The van der Waals surface area contributed by atoms with Gasteiger partial charge in [0.1, 0.15) is 15.7 Å². The maximum absolute atomic E-state index is 12.9. The fourth-order valence-electron chi connectivity index (χ4n) is 3.55. The first kappa shape index (κ1) is 29.2. The zero-order valence-electron chi connectivity index (χ0n) is 21.4. The Hall–Kier alpha value is -3.00. The molecule has 0 atom stereocenters. The van der Waals surface area contributed by atoms with E-state index in [-0.39, 0.29) is 11.7 Å². The van der Waals surface area contributed by atoms with Crippen molar-refractivity contribution >= 4 is 28.6 Å². The van der Waals surface area contributed by atoms with Gasteiger partial charge in [0.05, 0.1) is 11.3 Å². The molecule has 0 aliphatic heterocycles. The summed E-state index contributed by atoms with van der Waals surface area (Å²) in [4.78, 5) is 29.8. The number of alkyl halides is 3. The number of nitrogens with zero attached hydrogens (tertiary/aromatic N) is 1. The predicted octanol–water partition coefficient (Wildman–Crippen LogP) is 7.40. The van der Waals surface area contributed by atoms with Gasteiger partial charge in [-0.1, -0.05) is 63.8 Å². The lowest BCUT2D eigenvalue weighted by Crippen LogP contribution is -2.26. The van der Waals surface area contributed by atoms with Crippen molar-refractivity contribution < 1.29 is 22.8 Å². The second kappa shape index (κ2) is 12.3.